The van der Waals surface area contributed by atoms with Crippen molar-refractivity contribution >= 4 is 0 Å². The van der Waals surface area contributed by atoms with Crippen LogP contribution in [0.25, 0.3) is 0 Å². The summed E-state index contributed by atoms with van der Waals surface area (Å²) in [4.78, 5) is 0. The third kappa shape index (κ3) is 9.09. The SMILES string of the molecule is C=C(CC=CC)CCCC=CCO. The summed E-state index contributed by atoms with van der Waals surface area (Å²) >= 11 is 0. The lowest BCUT2D eigenvalue weighted by Gasteiger charge is -1.99. The molecule has 0 unspecified atom stereocenters. The van der Waals surface area contributed by atoms with Crippen LogP contribution in [0, 0.1) is 0 Å². The molecule has 0 atom stereocenters. The van der Waals surface area contributed by atoms with Crippen molar-refractivity contribution in [1.29, 1.82) is 0 Å². The van der Waals surface area contributed by atoms with E-state index in [4.69, 9.17) is 5.11 Å². The number of hydrogen-bond donors (Lipinski definition) is 1. The van der Waals surface area contributed by atoms with E-state index in [1.165, 1.54) is 5.57 Å². The van der Waals surface area contributed by atoms with E-state index < -0.39 is 0 Å². The Morgan fingerprint density at radius 1 is 1.31 bits per heavy atom. The summed E-state index contributed by atoms with van der Waals surface area (Å²) in [6, 6.07) is 0. The number of aliphatic hydroxyl groups excluding tert-OH is 1. The van der Waals surface area contributed by atoms with Gasteiger partial charge in [0.15, 0.2) is 0 Å². The van der Waals surface area contributed by atoms with Crippen LogP contribution in [-0.4, -0.2) is 11.7 Å². The Hall–Kier alpha value is -0.820. The van der Waals surface area contributed by atoms with Gasteiger partial charge in [0.2, 0.25) is 0 Å². The van der Waals surface area contributed by atoms with Crippen molar-refractivity contribution in [3.05, 3.63) is 36.5 Å². The number of rotatable bonds is 7. The lowest BCUT2D eigenvalue weighted by atomic mass is 10.1. The van der Waals surface area contributed by atoms with Crippen molar-refractivity contribution in [3.63, 3.8) is 0 Å². The largest absolute Gasteiger partial charge is 0.392 e. The molecule has 0 aliphatic heterocycles. The highest BCUT2D eigenvalue weighted by Crippen LogP contribution is 2.09. The molecule has 0 fully saturated rings. The van der Waals surface area contributed by atoms with Crippen LogP contribution in [0.2, 0.25) is 0 Å². The average Bonchev–Trinajstić information content (AvgIpc) is 2.14. The fraction of sp³-hybridized carbons (Fsp3) is 0.500. The van der Waals surface area contributed by atoms with Gasteiger partial charge in [-0.15, -0.1) is 0 Å². The predicted molar refractivity (Wildman–Crippen MR) is 58.6 cm³/mol. The quantitative estimate of drug-likeness (QED) is 0.471. The summed E-state index contributed by atoms with van der Waals surface area (Å²) < 4.78 is 0. The van der Waals surface area contributed by atoms with Crippen molar-refractivity contribution in [3.8, 4) is 0 Å². The first-order chi connectivity index (χ1) is 6.31. The maximum atomic E-state index is 8.48. The summed E-state index contributed by atoms with van der Waals surface area (Å²) in [5.41, 5.74) is 1.29. The highest BCUT2D eigenvalue weighted by Gasteiger charge is 1.90. The Kier molecular flexibility index (Phi) is 8.68. The molecule has 0 bridgehead atoms. The molecule has 1 N–H and O–H groups in total. The zero-order valence-electron chi connectivity index (χ0n) is 8.50. The van der Waals surface area contributed by atoms with Crippen LogP contribution in [0.1, 0.15) is 32.6 Å². The molecule has 74 valence electrons. The van der Waals surface area contributed by atoms with Crippen LogP contribution in [0.4, 0.5) is 0 Å². The molecule has 1 heteroatoms. The first-order valence-electron chi connectivity index (χ1n) is 4.85. The Balaban J connectivity index is 3.31. The lowest BCUT2D eigenvalue weighted by Crippen LogP contribution is -1.80. The highest BCUT2D eigenvalue weighted by atomic mass is 16.2. The van der Waals surface area contributed by atoms with Gasteiger partial charge in [0.1, 0.15) is 0 Å². The van der Waals surface area contributed by atoms with Gasteiger partial charge in [0, 0.05) is 0 Å². The monoisotopic (exact) mass is 180 g/mol. The molecule has 0 saturated carbocycles. The summed E-state index contributed by atoms with van der Waals surface area (Å²) in [6.45, 7) is 6.16. The summed E-state index contributed by atoms with van der Waals surface area (Å²) in [5.74, 6) is 0. The van der Waals surface area contributed by atoms with E-state index in [0.29, 0.717) is 0 Å². The summed E-state index contributed by atoms with van der Waals surface area (Å²) in [6.07, 6.45) is 12.2. The molecule has 0 rings (SSSR count). The second-order valence-corrected chi connectivity index (χ2v) is 3.07. The van der Waals surface area contributed by atoms with Gasteiger partial charge in [0.05, 0.1) is 6.61 Å². The van der Waals surface area contributed by atoms with E-state index in [-0.39, 0.29) is 6.61 Å². The molecule has 0 spiro atoms. The topological polar surface area (TPSA) is 20.2 Å². The zero-order chi connectivity index (χ0) is 9.94. The molecule has 0 saturated heterocycles. The lowest BCUT2D eigenvalue weighted by molar-refractivity contribution is 0.342. The third-order valence-electron chi connectivity index (χ3n) is 1.82. The van der Waals surface area contributed by atoms with Gasteiger partial charge in [-0.05, 0) is 32.6 Å². The van der Waals surface area contributed by atoms with E-state index in [2.05, 4.69) is 18.7 Å². The van der Waals surface area contributed by atoms with Gasteiger partial charge in [0.25, 0.3) is 0 Å². The van der Waals surface area contributed by atoms with Crippen LogP contribution in [0.5, 0.6) is 0 Å². The van der Waals surface area contributed by atoms with E-state index in [9.17, 15) is 0 Å². The first-order valence-corrected chi connectivity index (χ1v) is 4.85. The van der Waals surface area contributed by atoms with Gasteiger partial charge in [-0.2, -0.15) is 0 Å². The fourth-order valence-corrected chi connectivity index (χ4v) is 1.05. The van der Waals surface area contributed by atoms with Crippen LogP contribution in [-0.2, 0) is 0 Å². The first kappa shape index (κ1) is 12.2. The molecule has 0 aromatic carbocycles. The van der Waals surface area contributed by atoms with Crippen molar-refractivity contribution in [2.45, 2.75) is 32.6 Å². The van der Waals surface area contributed by atoms with E-state index in [0.717, 1.165) is 25.7 Å². The molecule has 0 amide bonds. The third-order valence-corrected chi connectivity index (χ3v) is 1.82. The van der Waals surface area contributed by atoms with Gasteiger partial charge in [-0.1, -0.05) is 36.5 Å². The summed E-state index contributed by atoms with van der Waals surface area (Å²) in [7, 11) is 0. The van der Waals surface area contributed by atoms with Gasteiger partial charge in [-0.25, -0.2) is 0 Å². The Morgan fingerprint density at radius 3 is 2.69 bits per heavy atom. The van der Waals surface area contributed by atoms with E-state index in [1.807, 2.05) is 13.0 Å². The normalized spacial score (nSPS) is 11.5. The van der Waals surface area contributed by atoms with Crippen molar-refractivity contribution < 1.29 is 5.11 Å². The van der Waals surface area contributed by atoms with Crippen LogP contribution >= 0.6 is 0 Å². The Labute approximate surface area is 81.5 Å². The molecular formula is C12H20O. The van der Waals surface area contributed by atoms with Gasteiger partial charge in [-0.3, -0.25) is 0 Å². The number of unbranched alkanes of at least 4 members (excludes halogenated alkanes) is 1. The molecule has 0 aliphatic carbocycles. The molecule has 0 aromatic heterocycles. The van der Waals surface area contributed by atoms with Gasteiger partial charge < -0.3 is 5.11 Å². The number of allylic oxidation sites excluding steroid dienone is 4. The van der Waals surface area contributed by atoms with Crippen molar-refractivity contribution in [2.24, 2.45) is 0 Å². The number of aliphatic hydroxyl groups is 1. The minimum absolute atomic E-state index is 0.152. The minimum Gasteiger partial charge on any atom is -0.392 e. The second kappa shape index (κ2) is 9.27. The van der Waals surface area contributed by atoms with E-state index >= 15 is 0 Å². The fourth-order valence-electron chi connectivity index (χ4n) is 1.05. The number of hydrogen-bond acceptors (Lipinski definition) is 1. The second-order valence-electron chi connectivity index (χ2n) is 3.07. The smallest absolute Gasteiger partial charge is 0.0612 e. The molecule has 1 nitrogen and oxygen atoms in total. The standard InChI is InChI=1S/C12H20O/c1-3-4-9-12(2)10-7-5-6-8-11-13/h3-4,6,8,13H,2,5,7,9-11H2,1H3. The minimum atomic E-state index is 0.152. The van der Waals surface area contributed by atoms with Gasteiger partial charge >= 0.3 is 0 Å². The molecule has 0 heterocycles. The molecule has 0 aromatic rings. The predicted octanol–water partition coefficient (Wildman–Crippen LogP) is 3.23. The summed E-state index contributed by atoms with van der Waals surface area (Å²) in [5, 5.41) is 8.48. The zero-order valence-corrected chi connectivity index (χ0v) is 8.50. The Bertz CT molecular complexity index is 178. The van der Waals surface area contributed by atoms with E-state index in [1.54, 1.807) is 6.08 Å². The van der Waals surface area contributed by atoms with Crippen molar-refractivity contribution in [2.75, 3.05) is 6.61 Å². The maximum absolute atomic E-state index is 8.48. The maximum Gasteiger partial charge on any atom is 0.0612 e. The van der Waals surface area contributed by atoms with Crippen LogP contribution < -0.4 is 0 Å². The average molecular weight is 180 g/mol. The molecular weight excluding hydrogens is 160 g/mol. The Morgan fingerprint density at radius 2 is 2.08 bits per heavy atom. The molecule has 0 aliphatic rings. The highest BCUT2D eigenvalue weighted by molar-refractivity contribution is 5.01. The van der Waals surface area contributed by atoms with Crippen LogP contribution in [0.15, 0.2) is 36.5 Å². The van der Waals surface area contributed by atoms with Crippen molar-refractivity contribution in [1.82, 2.24) is 0 Å². The molecule has 0 radical (unpaired) electrons. The molecule has 13 heavy (non-hydrogen) atoms. The van der Waals surface area contributed by atoms with Crippen LogP contribution in [0.3, 0.4) is 0 Å².